The van der Waals surface area contributed by atoms with E-state index in [9.17, 15) is 19.2 Å². The number of carbonyl (C=O) groups excluding carboxylic acids is 3. The number of hydrogen-bond donors (Lipinski definition) is 9. The van der Waals surface area contributed by atoms with E-state index in [1.807, 2.05) is 0 Å². The zero-order valence-corrected chi connectivity index (χ0v) is 16.2. The van der Waals surface area contributed by atoms with E-state index in [0.717, 1.165) is 0 Å². The number of amides is 3. The van der Waals surface area contributed by atoms with Gasteiger partial charge in [0.2, 0.25) is 17.7 Å². The van der Waals surface area contributed by atoms with Crippen LogP contribution in [0.5, 0.6) is 0 Å². The second-order valence-corrected chi connectivity index (χ2v) is 6.33. The van der Waals surface area contributed by atoms with Gasteiger partial charge in [-0.1, -0.05) is 0 Å². The predicted octanol–water partition coefficient (Wildman–Crippen LogP) is -4.10. The van der Waals surface area contributed by atoms with Crippen molar-refractivity contribution in [3.05, 3.63) is 0 Å². The maximum absolute atomic E-state index is 12.4. The van der Waals surface area contributed by atoms with Gasteiger partial charge in [-0.15, -0.1) is 0 Å². The maximum Gasteiger partial charge on any atom is 0.328 e. The molecule has 0 fully saturated rings. The molecule has 0 rings (SSSR count). The molecule has 0 heterocycles. The number of thiol groups is 1. The number of carboxylic acid groups (broad SMARTS) is 1. The van der Waals surface area contributed by atoms with Crippen molar-refractivity contribution in [2.24, 2.45) is 11.5 Å². The molecule has 0 bridgehead atoms. The lowest BCUT2D eigenvalue weighted by molar-refractivity contribution is -0.143. The predicted molar refractivity (Wildman–Crippen MR) is 102 cm³/mol. The number of carbonyl (C=O) groups is 4. The van der Waals surface area contributed by atoms with Gasteiger partial charge in [0, 0.05) is 5.75 Å². The fourth-order valence-corrected chi connectivity index (χ4v) is 2.30. The molecule has 4 atom stereocenters. The van der Waals surface area contributed by atoms with Crippen LogP contribution in [0.25, 0.3) is 0 Å². The average molecular weight is 423 g/mol. The van der Waals surface area contributed by atoms with Crippen molar-refractivity contribution >= 4 is 36.3 Å². The number of nitrogens with one attached hydrogen (secondary N) is 3. The van der Waals surface area contributed by atoms with Gasteiger partial charge in [-0.2, -0.15) is 12.6 Å². The monoisotopic (exact) mass is 423 g/mol. The van der Waals surface area contributed by atoms with Gasteiger partial charge in [0.25, 0.3) is 0 Å². The molecule has 13 heteroatoms. The average Bonchev–Trinajstić information content (AvgIpc) is 2.67. The smallest absolute Gasteiger partial charge is 0.328 e. The lowest BCUT2D eigenvalue weighted by atomic mass is 10.1. The highest BCUT2D eigenvalue weighted by Gasteiger charge is 2.29. The molecule has 10 N–H and O–H groups in total. The zero-order chi connectivity index (χ0) is 21.7. The van der Waals surface area contributed by atoms with Crippen molar-refractivity contribution in [1.82, 2.24) is 16.0 Å². The summed E-state index contributed by atoms with van der Waals surface area (Å²) in [5.74, 6) is -3.85. The Morgan fingerprint density at radius 3 is 1.86 bits per heavy atom. The third-order valence-corrected chi connectivity index (χ3v) is 4.09. The molecule has 162 valence electrons. The molecule has 0 radical (unpaired) electrons. The van der Waals surface area contributed by atoms with Gasteiger partial charge in [0.05, 0.1) is 13.2 Å². The molecule has 0 aromatic heterocycles. The van der Waals surface area contributed by atoms with Crippen molar-refractivity contribution in [2.75, 3.05) is 25.5 Å². The maximum atomic E-state index is 12.4. The molecule has 0 aromatic carbocycles. The van der Waals surface area contributed by atoms with Crippen LogP contribution in [0.4, 0.5) is 0 Å². The number of aliphatic hydroxyl groups is 2. The van der Waals surface area contributed by atoms with Gasteiger partial charge in [0.15, 0.2) is 0 Å². The number of aliphatic carboxylic acids is 1. The minimum Gasteiger partial charge on any atom is -0.480 e. The van der Waals surface area contributed by atoms with E-state index in [1.165, 1.54) is 0 Å². The Morgan fingerprint density at radius 1 is 0.857 bits per heavy atom. The molecule has 0 saturated heterocycles. The lowest BCUT2D eigenvalue weighted by Gasteiger charge is -2.24. The van der Waals surface area contributed by atoms with Gasteiger partial charge in [-0.3, -0.25) is 14.4 Å². The second kappa shape index (κ2) is 14.1. The molecule has 28 heavy (non-hydrogen) atoms. The summed E-state index contributed by atoms with van der Waals surface area (Å²) >= 11 is 3.98. The number of aliphatic hydroxyl groups excluding tert-OH is 2. The summed E-state index contributed by atoms with van der Waals surface area (Å²) in [5.41, 5.74) is 10.8. The zero-order valence-electron chi connectivity index (χ0n) is 15.3. The van der Waals surface area contributed by atoms with E-state index < -0.39 is 61.1 Å². The van der Waals surface area contributed by atoms with Gasteiger partial charge >= 0.3 is 5.97 Å². The van der Waals surface area contributed by atoms with Crippen molar-refractivity contribution in [3.8, 4) is 0 Å². The molecule has 0 aliphatic heterocycles. The molecule has 3 amide bonds. The summed E-state index contributed by atoms with van der Waals surface area (Å²) in [7, 11) is 0. The molecule has 0 aliphatic rings. The van der Waals surface area contributed by atoms with Crippen molar-refractivity contribution < 1.29 is 34.5 Å². The van der Waals surface area contributed by atoms with Crippen LogP contribution < -0.4 is 27.4 Å². The number of nitrogens with two attached hydrogens (primary N) is 2. The number of carboxylic acids is 1. The first-order valence-electron chi connectivity index (χ1n) is 8.63. The minimum absolute atomic E-state index is 0.110. The standard InChI is InChI=1S/C15H29N5O7S/c16-4-2-1-3-9(13(24)19-10(6-22)15(26)27)18-14(25)11(7-28)20-12(23)8(17)5-21/h8-11,21-22,28H,1-7,16-17H2,(H,18,25)(H,19,24)(H,20,23)(H,26,27). The fourth-order valence-electron chi connectivity index (χ4n) is 2.05. The third-order valence-electron chi connectivity index (χ3n) is 3.73. The summed E-state index contributed by atoms with van der Waals surface area (Å²) in [4.78, 5) is 47.5. The Morgan fingerprint density at radius 2 is 1.39 bits per heavy atom. The van der Waals surface area contributed by atoms with Crippen LogP contribution >= 0.6 is 12.6 Å². The number of hydrogen-bond acceptors (Lipinski definition) is 9. The van der Waals surface area contributed by atoms with E-state index in [-0.39, 0.29) is 12.2 Å². The van der Waals surface area contributed by atoms with Crippen LogP contribution in [0.3, 0.4) is 0 Å². The summed E-state index contributed by atoms with van der Waals surface area (Å²) in [6, 6.07) is -4.99. The van der Waals surface area contributed by atoms with Gasteiger partial charge in [-0.05, 0) is 25.8 Å². The molecule has 4 unspecified atom stereocenters. The molecule has 0 spiro atoms. The first kappa shape index (κ1) is 26.1. The molecule has 12 nitrogen and oxygen atoms in total. The van der Waals surface area contributed by atoms with Crippen LogP contribution in [0.2, 0.25) is 0 Å². The van der Waals surface area contributed by atoms with Gasteiger partial charge < -0.3 is 42.7 Å². The van der Waals surface area contributed by atoms with Crippen LogP contribution in [0, 0.1) is 0 Å². The summed E-state index contributed by atoms with van der Waals surface area (Å²) in [6.07, 6.45) is 1.20. The SMILES string of the molecule is NCCCCC(NC(=O)C(CS)NC(=O)C(N)CO)C(=O)NC(CO)C(=O)O. The van der Waals surface area contributed by atoms with E-state index >= 15 is 0 Å². The highest BCUT2D eigenvalue weighted by atomic mass is 32.1. The molecule has 0 aliphatic carbocycles. The molecule has 0 saturated carbocycles. The molecule has 0 aromatic rings. The van der Waals surface area contributed by atoms with Crippen LogP contribution in [0.1, 0.15) is 19.3 Å². The Kier molecular flexibility index (Phi) is 13.1. The first-order valence-corrected chi connectivity index (χ1v) is 9.27. The Labute approximate surface area is 167 Å². The number of rotatable bonds is 14. The summed E-state index contributed by atoms with van der Waals surface area (Å²) < 4.78 is 0. The van der Waals surface area contributed by atoms with E-state index in [2.05, 4.69) is 28.6 Å². The Bertz CT molecular complexity index is 537. The topological polar surface area (TPSA) is 217 Å². The van der Waals surface area contributed by atoms with Crippen LogP contribution in [-0.2, 0) is 19.2 Å². The normalized spacial score (nSPS) is 15.0. The first-order chi connectivity index (χ1) is 13.2. The molecular weight excluding hydrogens is 394 g/mol. The third kappa shape index (κ3) is 9.32. The van der Waals surface area contributed by atoms with Crippen molar-refractivity contribution in [1.29, 1.82) is 0 Å². The summed E-state index contributed by atoms with van der Waals surface area (Å²) in [6.45, 7) is -1.07. The van der Waals surface area contributed by atoms with Crippen LogP contribution in [0.15, 0.2) is 0 Å². The fraction of sp³-hybridized carbons (Fsp3) is 0.733. The Balaban J connectivity index is 5.12. The quantitative estimate of drug-likeness (QED) is 0.0978. The Hall–Kier alpha value is -1.93. The van der Waals surface area contributed by atoms with Crippen LogP contribution in [-0.4, -0.2) is 88.7 Å². The summed E-state index contributed by atoms with van der Waals surface area (Å²) in [5, 5.41) is 33.7. The number of unbranched alkanes of at least 4 members (excludes halogenated alkanes) is 1. The van der Waals surface area contributed by atoms with E-state index in [0.29, 0.717) is 19.4 Å². The minimum atomic E-state index is -1.52. The largest absolute Gasteiger partial charge is 0.480 e. The van der Waals surface area contributed by atoms with E-state index in [4.69, 9.17) is 26.8 Å². The second-order valence-electron chi connectivity index (χ2n) is 5.96. The lowest BCUT2D eigenvalue weighted by Crippen LogP contribution is -2.58. The van der Waals surface area contributed by atoms with Gasteiger partial charge in [0.1, 0.15) is 24.2 Å². The molecular formula is C15H29N5O7S. The van der Waals surface area contributed by atoms with E-state index in [1.54, 1.807) is 0 Å². The van der Waals surface area contributed by atoms with Crippen molar-refractivity contribution in [3.63, 3.8) is 0 Å². The highest BCUT2D eigenvalue weighted by Crippen LogP contribution is 2.03. The van der Waals surface area contributed by atoms with Gasteiger partial charge in [-0.25, -0.2) is 4.79 Å². The van der Waals surface area contributed by atoms with Crippen molar-refractivity contribution in [2.45, 2.75) is 43.4 Å². The highest BCUT2D eigenvalue weighted by molar-refractivity contribution is 7.80.